The van der Waals surface area contributed by atoms with Gasteiger partial charge in [0.2, 0.25) is 11.6 Å². The molecule has 0 aliphatic heterocycles. The summed E-state index contributed by atoms with van der Waals surface area (Å²) in [6.07, 6.45) is 1.46. The van der Waals surface area contributed by atoms with Crippen molar-refractivity contribution < 1.29 is 14.2 Å². The number of hydrogen-bond donors (Lipinski definition) is 1. The van der Waals surface area contributed by atoms with Crippen LogP contribution in [0.1, 0.15) is 0 Å². The first-order chi connectivity index (χ1) is 9.15. The zero-order valence-corrected chi connectivity index (χ0v) is 11.3. The van der Waals surface area contributed by atoms with Crippen LogP contribution < -0.4 is 19.9 Å². The van der Waals surface area contributed by atoms with Crippen LogP contribution in [0.25, 0.3) is 0 Å². The maximum atomic E-state index is 6.02. The standard InChI is InChI=1S/C13H13ClN2O3/c1-17-10-4-3-5-11(18-2)12(10)19-13-9(14)6-8(15)7-16-13/h3-7H,15H2,1-2H3. The van der Waals surface area contributed by atoms with E-state index in [9.17, 15) is 0 Å². The number of benzene rings is 1. The van der Waals surface area contributed by atoms with E-state index in [1.807, 2.05) is 0 Å². The Morgan fingerprint density at radius 3 is 2.32 bits per heavy atom. The number of rotatable bonds is 4. The van der Waals surface area contributed by atoms with E-state index in [0.717, 1.165) is 0 Å². The second-order valence-electron chi connectivity index (χ2n) is 3.65. The third-order valence-electron chi connectivity index (χ3n) is 2.41. The van der Waals surface area contributed by atoms with E-state index < -0.39 is 0 Å². The zero-order valence-electron chi connectivity index (χ0n) is 10.5. The number of nitrogens with zero attached hydrogens (tertiary/aromatic N) is 1. The van der Waals surface area contributed by atoms with Crippen molar-refractivity contribution in [2.45, 2.75) is 0 Å². The fourth-order valence-electron chi connectivity index (χ4n) is 1.53. The molecule has 0 unspecified atom stereocenters. The number of halogens is 1. The lowest BCUT2D eigenvalue weighted by atomic mass is 10.3. The predicted octanol–water partition coefficient (Wildman–Crippen LogP) is 3.13. The lowest BCUT2D eigenvalue weighted by Gasteiger charge is -2.13. The summed E-state index contributed by atoms with van der Waals surface area (Å²) >= 11 is 6.02. The van der Waals surface area contributed by atoms with Crippen molar-refractivity contribution in [1.82, 2.24) is 4.98 Å². The minimum Gasteiger partial charge on any atom is -0.493 e. The highest BCUT2D eigenvalue weighted by Crippen LogP contribution is 2.41. The Labute approximate surface area is 115 Å². The summed E-state index contributed by atoms with van der Waals surface area (Å²) in [5.74, 6) is 1.69. The third kappa shape index (κ3) is 2.82. The van der Waals surface area contributed by atoms with Gasteiger partial charge in [-0.05, 0) is 18.2 Å². The highest BCUT2D eigenvalue weighted by Gasteiger charge is 2.15. The van der Waals surface area contributed by atoms with Gasteiger partial charge < -0.3 is 19.9 Å². The molecule has 2 aromatic rings. The van der Waals surface area contributed by atoms with Gasteiger partial charge in [0.25, 0.3) is 0 Å². The summed E-state index contributed by atoms with van der Waals surface area (Å²) in [6, 6.07) is 6.86. The molecule has 0 aliphatic carbocycles. The second kappa shape index (κ2) is 5.67. The number of nitrogen functional groups attached to an aromatic ring is 1. The average molecular weight is 281 g/mol. The Hall–Kier alpha value is -2.14. The molecule has 100 valence electrons. The molecule has 19 heavy (non-hydrogen) atoms. The fraction of sp³-hybridized carbons (Fsp3) is 0.154. The van der Waals surface area contributed by atoms with Crippen molar-refractivity contribution in [3.05, 3.63) is 35.5 Å². The minimum atomic E-state index is 0.235. The molecule has 0 spiro atoms. The van der Waals surface area contributed by atoms with Crippen molar-refractivity contribution in [3.8, 4) is 23.1 Å². The first-order valence-electron chi connectivity index (χ1n) is 5.45. The third-order valence-corrected chi connectivity index (χ3v) is 2.68. The minimum absolute atomic E-state index is 0.235. The summed E-state index contributed by atoms with van der Waals surface area (Å²) < 4.78 is 16.1. The van der Waals surface area contributed by atoms with Gasteiger partial charge in [-0.15, -0.1) is 0 Å². The molecule has 1 aromatic carbocycles. The van der Waals surface area contributed by atoms with Gasteiger partial charge in [0, 0.05) is 0 Å². The van der Waals surface area contributed by atoms with Crippen LogP contribution in [0.15, 0.2) is 30.5 Å². The molecular weight excluding hydrogens is 268 g/mol. The molecule has 0 atom stereocenters. The molecule has 0 saturated heterocycles. The Balaban J connectivity index is 2.42. The van der Waals surface area contributed by atoms with E-state index in [-0.39, 0.29) is 5.88 Å². The van der Waals surface area contributed by atoms with E-state index in [1.54, 1.807) is 38.5 Å². The number of aromatic nitrogens is 1. The SMILES string of the molecule is COc1cccc(OC)c1Oc1ncc(N)cc1Cl. The first kappa shape index (κ1) is 13.3. The largest absolute Gasteiger partial charge is 0.493 e. The van der Waals surface area contributed by atoms with Gasteiger partial charge in [-0.2, -0.15) is 0 Å². The topological polar surface area (TPSA) is 66.6 Å². The molecule has 2 N–H and O–H groups in total. The summed E-state index contributed by atoms with van der Waals surface area (Å²) in [4.78, 5) is 4.03. The van der Waals surface area contributed by atoms with Crippen LogP contribution in [0.4, 0.5) is 5.69 Å². The molecule has 5 nitrogen and oxygen atoms in total. The predicted molar refractivity (Wildman–Crippen MR) is 73.3 cm³/mol. The number of ether oxygens (including phenoxy) is 3. The number of para-hydroxylation sites is 1. The normalized spacial score (nSPS) is 10.1. The molecule has 2 rings (SSSR count). The lowest BCUT2D eigenvalue weighted by Crippen LogP contribution is -1.97. The fourth-order valence-corrected chi connectivity index (χ4v) is 1.74. The second-order valence-corrected chi connectivity index (χ2v) is 4.06. The Morgan fingerprint density at radius 1 is 1.16 bits per heavy atom. The van der Waals surface area contributed by atoms with Crippen LogP contribution in [0.3, 0.4) is 0 Å². The van der Waals surface area contributed by atoms with E-state index in [0.29, 0.717) is 28.0 Å². The van der Waals surface area contributed by atoms with Gasteiger partial charge in [0.05, 0.1) is 26.1 Å². The number of nitrogens with two attached hydrogens (primary N) is 1. The first-order valence-corrected chi connectivity index (χ1v) is 5.83. The Morgan fingerprint density at radius 2 is 1.79 bits per heavy atom. The van der Waals surface area contributed by atoms with Crippen molar-refractivity contribution in [3.63, 3.8) is 0 Å². The van der Waals surface area contributed by atoms with Crippen molar-refractivity contribution in [2.24, 2.45) is 0 Å². The number of pyridine rings is 1. The van der Waals surface area contributed by atoms with Gasteiger partial charge in [-0.1, -0.05) is 17.7 Å². The van der Waals surface area contributed by atoms with Gasteiger partial charge in [0.1, 0.15) is 5.02 Å². The highest BCUT2D eigenvalue weighted by molar-refractivity contribution is 6.32. The summed E-state index contributed by atoms with van der Waals surface area (Å²) in [6.45, 7) is 0. The number of anilines is 1. The maximum Gasteiger partial charge on any atom is 0.238 e. The van der Waals surface area contributed by atoms with Crippen LogP contribution in [-0.2, 0) is 0 Å². The average Bonchev–Trinajstić information content (AvgIpc) is 2.42. The summed E-state index contributed by atoms with van der Waals surface area (Å²) in [7, 11) is 3.08. The van der Waals surface area contributed by atoms with Crippen LogP contribution in [-0.4, -0.2) is 19.2 Å². The summed E-state index contributed by atoms with van der Waals surface area (Å²) in [5, 5.41) is 0.313. The molecular formula is C13H13ClN2O3. The zero-order chi connectivity index (χ0) is 13.8. The van der Waals surface area contributed by atoms with Gasteiger partial charge in [-0.3, -0.25) is 0 Å². The highest BCUT2D eigenvalue weighted by atomic mass is 35.5. The molecule has 0 saturated carbocycles. The van der Waals surface area contributed by atoms with E-state index in [4.69, 9.17) is 31.5 Å². The van der Waals surface area contributed by atoms with Gasteiger partial charge in [0.15, 0.2) is 11.5 Å². The van der Waals surface area contributed by atoms with Crippen LogP contribution in [0, 0.1) is 0 Å². The molecule has 1 heterocycles. The van der Waals surface area contributed by atoms with E-state index in [1.165, 1.54) is 6.20 Å². The Kier molecular flexibility index (Phi) is 3.97. The Bertz CT molecular complexity index is 568. The van der Waals surface area contributed by atoms with Crippen LogP contribution in [0.5, 0.6) is 23.1 Å². The monoisotopic (exact) mass is 280 g/mol. The van der Waals surface area contributed by atoms with E-state index in [2.05, 4.69) is 4.98 Å². The number of hydrogen-bond acceptors (Lipinski definition) is 5. The molecule has 0 radical (unpaired) electrons. The quantitative estimate of drug-likeness (QED) is 0.932. The molecule has 0 fully saturated rings. The molecule has 0 amide bonds. The van der Waals surface area contributed by atoms with Crippen LogP contribution in [0.2, 0.25) is 5.02 Å². The molecule has 0 bridgehead atoms. The van der Waals surface area contributed by atoms with Crippen LogP contribution >= 0.6 is 11.6 Å². The molecule has 6 heteroatoms. The molecule has 0 aliphatic rings. The van der Waals surface area contributed by atoms with Gasteiger partial charge in [-0.25, -0.2) is 4.98 Å². The van der Waals surface area contributed by atoms with E-state index >= 15 is 0 Å². The van der Waals surface area contributed by atoms with Gasteiger partial charge >= 0.3 is 0 Å². The summed E-state index contributed by atoms with van der Waals surface area (Å²) in [5.41, 5.74) is 6.04. The van der Waals surface area contributed by atoms with Crippen molar-refractivity contribution >= 4 is 17.3 Å². The van der Waals surface area contributed by atoms with Crippen molar-refractivity contribution in [2.75, 3.05) is 20.0 Å². The number of methoxy groups -OCH3 is 2. The molecule has 1 aromatic heterocycles. The maximum absolute atomic E-state index is 6.02. The lowest BCUT2D eigenvalue weighted by molar-refractivity contribution is 0.342. The van der Waals surface area contributed by atoms with Crippen molar-refractivity contribution in [1.29, 1.82) is 0 Å². The smallest absolute Gasteiger partial charge is 0.238 e.